The number of pyridine rings is 1. The van der Waals surface area contributed by atoms with Gasteiger partial charge in [-0.05, 0) is 37.1 Å². The summed E-state index contributed by atoms with van der Waals surface area (Å²) < 4.78 is 32.6. The summed E-state index contributed by atoms with van der Waals surface area (Å²) in [5, 5.41) is 0. The summed E-state index contributed by atoms with van der Waals surface area (Å²) in [6, 6.07) is 9.13. The predicted molar refractivity (Wildman–Crippen MR) is 107 cm³/mol. The fourth-order valence-electron chi connectivity index (χ4n) is 2.86. The Hall–Kier alpha value is -3.14. The van der Waals surface area contributed by atoms with Crippen molar-refractivity contribution in [2.45, 2.75) is 31.8 Å². The Morgan fingerprint density at radius 2 is 1.90 bits per heavy atom. The molecular formula is C19H22N4O5S. The lowest BCUT2D eigenvalue weighted by Crippen LogP contribution is -2.52. The molecule has 1 atom stereocenters. The lowest BCUT2D eigenvalue weighted by Gasteiger charge is -2.34. The Morgan fingerprint density at radius 3 is 2.52 bits per heavy atom. The highest BCUT2D eigenvalue weighted by atomic mass is 32.2. The molecule has 0 saturated heterocycles. The highest BCUT2D eigenvalue weighted by Crippen LogP contribution is 2.34. The minimum atomic E-state index is -4.07. The second kappa shape index (κ2) is 7.70. The van der Waals surface area contributed by atoms with E-state index in [1.54, 1.807) is 32.0 Å². The zero-order chi connectivity index (χ0) is 21.3. The number of hydrogen-bond acceptors (Lipinski definition) is 7. The van der Waals surface area contributed by atoms with Crippen LogP contribution in [0.3, 0.4) is 0 Å². The van der Waals surface area contributed by atoms with E-state index >= 15 is 0 Å². The maximum absolute atomic E-state index is 12.8. The van der Waals surface area contributed by atoms with Gasteiger partial charge in [0.1, 0.15) is 12.4 Å². The Kier molecular flexibility index (Phi) is 5.47. The van der Waals surface area contributed by atoms with Crippen molar-refractivity contribution in [3.8, 4) is 5.75 Å². The van der Waals surface area contributed by atoms with Crippen LogP contribution < -0.4 is 20.1 Å². The van der Waals surface area contributed by atoms with E-state index in [1.165, 1.54) is 18.2 Å². The van der Waals surface area contributed by atoms with Gasteiger partial charge in [-0.15, -0.1) is 0 Å². The van der Waals surface area contributed by atoms with Gasteiger partial charge in [0.05, 0.1) is 4.90 Å². The number of aromatic nitrogens is 1. The molecule has 1 unspecified atom stereocenters. The van der Waals surface area contributed by atoms with Crippen molar-refractivity contribution in [3.05, 3.63) is 42.0 Å². The first-order valence-electron chi connectivity index (χ1n) is 8.95. The molecule has 1 aliphatic rings. The average molecular weight is 418 g/mol. The fourth-order valence-corrected chi connectivity index (χ4v) is 3.83. The van der Waals surface area contributed by atoms with Gasteiger partial charge < -0.3 is 10.5 Å². The highest BCUT2D eigenvalue weighted by molar-refractivity contribution is 7.90. The van der Waals surface area contributed by atoms with Crippen LogP contribution in [0.5, 0.6) is 5.75 Å². The number of nitrogens with zero attached hydrogens (tertiary/aromatic N) is 2. The summed E-state index contributed by atoms with van der Waals surface area (Å²) in [4.78, 5) is 30.5. The van der Waals surface area contributed by atoms with E-state index in [2.05, 4.69) is 4.98 Å². The summed E-state index contributed by atoms with van der Waals surface area (Å²) in [6.45, 7) is 4.89. The number of sulfonamides is 1. The van der Waals surface area contributed by atoms with E-state index < -0.39 is 34.5 Å². The number of benzene rings is 1. The Morgan fingerprint density at radius 1 is 1.24 bits per heavy atom. The van der Waals surface area contributed by atoms with Crippen LogP contribution in [0.2, 0.25) is 0 Å². The van der Waals surface area contributed by atoms with Crippen LogP contribution in [0.4, 0.5) is 11.6 Å². The van der Waals surface area contributed by atoms with Gasteiger partial charge in [0.25, 0.3) is 21.8 Å². The van der Waals surface area contributed by atoms with Gasteiger partial charge in [0, 0.05) is 0 Å². The van der Waals surface area contributed by atoms with Crippen LogP contribution in [0.25, 0.3) is 0 Å². The Balaban J connectivity index is 1.85. The van der Waals surface area contributed by atoms with Gasteiger partial charge in [-0.3, -0.25) is 14.5 Å². The number of carbonyl (C=O) groups is 2. The molecule has 1 aromatic carbocycles. The van der Waals surface area contributed by atoms with Gasteiger partial charge >= 0.3 is 0 Å². The summed E-state index contributed by atoms with van der Waals surface area (Å²) in [6.07, 6.45) is -0.825. The molecule has 2 aromatic rings. The summed E-state index contributed by atoms with van der Waals surface area (Å²) in [5.41, 5.74) is 6.59. The number of rotatable bonds is 5. The predicted octanol–water partition coefficient (Wildman–Crippen LogP) is 1.23. The van der Waals surface area contributed by atoms with Gasteiger partial charge in [0.2, 0.25) is 0 Å². The summed E-state index contributed by atoms with van der Waals surface area (Å²) >= 11 is 0. The molecule has 3 rings (SSSR count). The molecule has 154 valence electrons. The molecule has 2 amide bonds. The fraction of sp³-hybridized carbons (Fsp3) is 0.316. The minimum absolute atomic E-state index is 0.0485. The molecule has 1 aliphatic heterocycles. The van der Waals surface area contributed by atoms with E-state index in [1.807, 2.05) is 11.6 Å². The smallest absolute Gasteiger partial charge is 0.270 e. The summed E-state index contributed by atoms with van der Waals surface area (Å²) in [7, 11) is -4.07. The largest absolute Gasteiger partial charge is 0.476 e. The third-order valence-corrected chi connectivity index (χ3v) is 5.76. The van der Waals surface area contributed by atoms with Crippen LogP contribution >= 0.6 is 0 Å². The molecule has 0 bridgehead atoms. The zero-order valence-corrected chi connectivity index (χ0v) is 17.1. The number of fused-ring (bicyclic) bond motifs is 1. The van der Waals surface area contributed by atoms with Crippen LogP contribution in [0, 0.1) is 12.8 Å². The minimum Gasteiger partial charge on any atom is -0.476 e. The monoisotopic (exact) mass is 418 g/mol. The van der Waals surface area contributed by atoms with Crippen molar-refractivity contribution in [3.63, 3.8) is 0 Å². The number of nitrogen functional groups attached to an aromatic ring is 1. The van der Waals surface area contributed by atoms with Crippen molar-refractivity contribution in [2.24, 2.45) is 5.92 Å². The number of amides is 2. The standard InChI is InChI=1S/C19H22N4O5S/c1-11(2)17-19(25)23(18-14(28-17)8-9-15(20)21-18)10-16(24)22-29(26,27)13-6-4-12(3)5-7-13/h4-9,11,17H,10H2,1-3H3,(H2,20,21)(H,22,24). The Labute approximate surface area is 168 Å². The van der Waals surface area contributed by atoms with Gasteiger partial charge in [-0.25, -0.2) is 18.1 Å². The molecule has 1 aromatic heterocycles. The normalized spacial score (nSPS) is 16.3. The van der Waals surface area contributed by atoms with E-state index in [0.29, 0.717) is 5.75 Å². The maximum Gasteiger partial charge on any atom is 0.270 e. The maximum atomic E-state index is 12.8. The molecule has 0 saturated carbocycles. The second-order valence-electron chi connectivity index (χ2n) is 7.11. The van der Waals surface area contributed by atoms with Crippen molar-refractivity contribution < 1.29 is 22.7 Å². The van der Waals surface area contributed by atoms with Crippen molar-refractivity contribution in [1.82, 2.24) is 9.71 Å². The lowest BCUT2D eigenvalue weighted by atomic mass is 10.0. The molecular weight excluding hydrogens is 396 g/mol. The van der Waals surface area contributed by atoms with E-state index in [4.69, 9.17) is 10.5 Å². The van der Waals surface area contributed by atoms with Gasteiger partial charge in [-0.1, -0.05) is 31.5 Å². The second-order valence-corrected chi connectivity index (χ2v) is 8.79. The molecule has 0 aliphatic carbocycles. The number of anilines is 2. The quantitative estimate of drug-likeness (QED) is 0.746. The van der Waals surface area contributed by atoms with Crippen LogP contribution in [-0.2, 0) is 19.6 Å². The molecule has 3 N–H and O–H groups in total. The average Bonchev–Trinajstić information content (AvgIpc) is 2.63. The molecule has 0 radical (unpaired) electrons. The van der Waals surface area contributed by atoms with Gasteiger partial charge in [0.15, 0.2) is 17.7 Å². The number of aryl methyl sites for hydroxylation is 1. The lowest BCUT2D eigenvalue weighted by molar-refractivity contribution is -0.130. The first kappa shape index (κ1) is 20.6. The molecule has 2 heterocycles. The first-order chi connectivity index (χ1) is 13.6. The van der Waals surface area contributed by atoms with Crippen molar-refractivity contribution >= 4 is 33.5 Å². The van der Waals surface area contributed by atoms with Crippen molar-refractivity contribution in [2.75, 3.05) is 17.2 Å². The summed E-state index contributed by atoms with van der Waals surface area (Å²) in [5.74, 6) is -1.02. The third kappa shape index (κ3) is 4.32. The molecule has 0 spiro atoms. The number of ether oxygens (including phenoxy) is 1. The zero-order valence-electron chi connectivity index (χ0n) is 16.2. The van der Waals surface area contributed by atoms with Crippen LogP contribution in [0.1, 0.15) is 19.4 Å². The molecule has 9 nitrogen and oxygen atoms in total. The Bertz CT molecular complexity index is 1050. The van der Waals surface area contributed by atoms with Crippen LogP contribution in [-0.4, -0.2) is 37.9 Å². The number of carbonyl (C=O) groups excluding carboxylic acids is 2. The number of nitrogens with one attached hydrogen (secondary N) is 1. The number of nitrogens with two attached hydrogens (primary N) is 1. The SMILES string of the molecule is Cc1ccc(S(=O)(=O)NC(=O)CN2C(=O)C(C(C)C)Oc3ccc(N)nc32)cc1. The van der Waals surface area contributed by atoms with Crippen molar-refractivity contribution in [1.29, 1.82) is 0 Å². The van der Waals surface area contributed by atoms with E-state index in [-0.39, 0.29) is 22.4 Å². The molecule has 10 heteroatoms. The van der Waals surface area contributed by atoms with E-state index in [9.17, 15) is 18.0 Å². The number of hydrogen-bond donors (Lipinski definition) is 2. The van der Waals surface area contributed by atoms with Gasteiger partial charge in [-0.2, -0.15) is 0 Å². The third-order valence-electron chi connectivity index (χ3n) is 4.37. The molecule has 0 fully saturated rings. The topological polar surface area (TPSA) is 132 Å². The molecule has 29 heavy (non-hydrogen) atoms. The highest BCUT2D eigenvalue weighted by Gasteiger charge is 2.38. The first-order valence-corrected chi connectivity index (χ1v) is 10.4. The van der Waals surface area contributed by atoms with E-state index in [0.717, 1.165) is 10.5 Å². The van der Waals surface area contributed by atoms with Crippen LogP contribution in [0.15, 0.2) is 41.3 Å².